The average Bonchev–Trinajstić information content (AvgIpc) is 1.72. The first-order valence-corrected chi connectivity index (χ1v) is 2.31. The molecule has 3 aliphatic rings. The SMILES string of the molecule is C1=C2CC(C1)O2. The summed E-state index contributed by atoms with van der Waals surface area (Å²) in [6.07, 6.45) is 5.17. The van der Waals surface area contributed by atoms with Crippen LogP contribution in [0.1, 0.15) is 12.8 Å². The largest absolute Gasteiger partial charge is 0.494 e. The topological polar surface area (TPSA) is 9.23 Å². The summed E-state index contributed by atoms with van der Waals surface area (Å²) in [5.74, 6) is 1.22. The van der Waals surface area contributed by atoms with Crippen molar-refractivity contribution >= 4 is 0 Å². The van der Waals surface area contributed by atoms with Crippen molar-refractivity contribution in [1.29, 1.82) is 0 Å². The minimum Gasteiger partial charge on any atom is -0.494 e. The number of hydrogen-bond acceptors (Lipinski definition) is 1. The lowest BCUT2D eigenvalue weighted by Gasteiger charge is -2.21. The van der Waals surface area contributed by atoms with E-state index in [1.165, 1.54) is 18.6 Å². The fraction of sp³-hybridized carbons (Fsp3) is 0.600. The summed E-state index contributed by atoms with van der Waals surface area (Å²) in [5.41, 5.74) is 0. The van der Waals surface area contributed by atoms with Crippen LogP contribution in [-0.4, -0.2) is 6.10 Å². The molecule has 32 valence electrons. The van der Waals surface area contributed by atoms with Crippen LogP contribution in [0.5, 0.6) is 0 Å². The molecule has 1 unspecified atom stereocenters. The molecule has 0 saturated carbocycles. The van der Waals surface area contributed by atoms with E-state index >= 15 is 0 Å². The van der Waals surface area contributed by atoms with E-state index in [4.69, 9.17) is 4.74 Å². The third-order valence-electron chi connectivity index (χ3n) is 1.36. The molecule has 0 N–H and O–H groups in total. The van der Waals surface area contributed by atoms with Crippen LogP contribution in [0.3, 0.4) is 0 Å². The zero-order chi connectivity index (χ0) is 3.98. The van der Waals surface area contributed by atoms with Crippen molar-refractivity contribution in [2.45, 2.75) is 18.9 Å². The molecule has 1 aliphatic carbocycles. The van der Waals surface area contributed by atoms with Gasteiger partial charge in [0.05, 0.1) is 5.76 Å². The molecule has 2 bridgehead atoms. The first-order chi connectivity index (χ1) is 2.95. The molecule has 0 radical (unpaired) electrons. The summed E-state index contributed by atoms with van der Waals surface area (Å²) >= 11 is 0. The minimum absolute atomic E-state index is 0.597. The fourth-order valence-corrected chi connectivity index (χ4v) is 0.955. The summed E-state index contributed by atoms with van der Waals surface area (Å²) in [5, 5.41) is 0. The maximum Gasteiger partial charge on any atom is 0.109 e. The summed E-state index contributed by atoms with van der Waals surface area (Å²) in [6.45, 7) is 0. The number of ether oxygens (including phenoxy) is 1. The van der Waals surface area contributed by atoms with Gasteiger partial charge in [0.15, 0.2) is 0 Å². The van der Waals surface area contributed by atoms with E-state index in [1.807, 2.05) is 0 Å². The van der Waals surface area contributed by atoms with E-state index in [-0.39, 0.29) is 0 Å². The minimum atomic E-state index is 0.597. The number of hydrogen-bond donors (Lipinski definition) is 0. The van der Waals surface area contributed by atoms with E-state index in [2.05, 4.69) is 6.08 Å². The van der Waals surface area contributed by atoms with Crippen LogP contribution in [0.4, 0.5) is 0 Å². The Morgan fingerprint density at radius 2 is 2.67 bits per heavy atom. The summed E-state index contributed by atoms with van der Waals surface area (Å²) in [6, 6.07) is 0. The van der Waals surface area contributed by atoms with Gasteiger partial charge in [0.2, 0.25) is 0 Å². The van der Waals surface area contributed by atoms with Crippen LogP contribution in [-0.2, 0) is 4.74 Å². The van der Waals surface area contributed by atoms with Gasteiger partial charge in [-0.25, -0.2) is 0 Å². The van der Waals surface area contributed by atoms with E-state index < -0.39 is 0 Å². The van der Waals surface area contributed by atoms with Gasteiger partial charge in [-0.2, -0.15) is 0 Å². The van der Waals surface area contributed by atoms with Crippen LogP contribution in [0.2, 0.25) is 0 Å². The molecule has 1 nitrogen and oxygen atoms in total. The molecule has 1 atom stereocenters. The number of fused-ring (bicyclic) bond motifs is 1. The van der Waals surface area contributed by atoms with Crippen molar-refractivity contribution in [3.63, 3.8) is 0 Å². The summed E-state index contributed by atoms with van der Waals surface area (Å²) < 4.78 is 5.11. The first-order valence-electron chi connectivity index (χ1n) is 2.31. The molecule has 0 aromatic heterocycles. The van der Waals surface area contributed by atoms with Gasteiger partial charge in [0.25, 0.3) is 0 Å². The Bertz CT molecular complexity index is 93.8. The molecule has 0 aromatic rings. The monoisotopic (exact) mass is 82.0 g/mol. The normalized spacial score (nSPS) is 37.3. The Hall–Kier alpha value is -0.460. The third-order valence-corrected chi connectivity index (χ3v) is 1.36. The average molecular weight is 82.1 g/mol. The second kappa shape index (κ2) is 0.625. The van der Waals surface area contributed by atoms with Crippen molar-refractivity contribution < 1.29 is 4.74 Å². The molecule has 1 fully saturated rings. The molecule has 1 heteroatoms. The third kappa shape index (κ3) is 0.145. The molecular formula is C5H6O. The van der Waals surface area contributed by atoms with E-state index in [0.717, 1.165) is 0 Å². The van der Waals surface area contributed by atoms with Crippen LogP contribution >= 0.6 is 0 Å². The van der Waals surface area contributed by atoms with Gasteiger partial charge in [-0.15, -0.1) is 0 Å². The predicted molar refractivity (Wildman–Crippen MR) is 22.2 cm³/mol. The molecule has 6 heavy (non-hydrogen) atoms. The zero-order valence-electron chi connectivity index (χ0n) is 3.48. The fourth-order valence-electron chi connectivity index (χ4n) is 0.955. The van der Waals surface area contributed by atoms with Gasteiger partial charge in [0.1, 0.15) is 6.10 Å². The highest BCUT2D eigenvalue weighted by atomic mass is 16.5. The Morgan fingerprint density at radius 1 is 1.83 bits per heavy atom. The molecule has 0 amide bonds. The predicted octanol–water partition coefficient (Wildman–Crippen LogP) is 1.06. The summed E-state index contributed by atoms with van der Waals surface area (Å²) in [7, 11) is 0. The smallest absolute Gasteiger partial charge is 0.109 e. The van der Waals surface area contributed by atoms with E-state index in [0.29, 0.717) is 6.10 Å². The second-order valence-corrected chi connectivity index (χ2v) is 1.85. The number of rotatable bonds is 0. The first kappa shape index (κ1) is 2.67. The highest BCUT2D eigenvalue weighted by Gasteiger charge is 2.29. The van der Waals surface area contributed by atoms with Gasteiger partial charge < -0.3 is 4.74 Å². The lowest BCUT2D eigenvalue weighted by molar-refractivity contribution is 0.0499. The van der Waals surface area contributed by atoms with Crippen LogP contribution in [0.15, 0.2) is 11.8 Å². The maximum absolute atomic E-state index is 5.11. The van der Waals surface area contributed by atoms with Gasteiger partial charge in [0, 0.05) is 12.8 Å². The molecule has 0 spiro atoms. The molecule has 2 heterocycles. The molecular weight excluding hydrogens is 76.1 g/mol. The Balaban J connectivity index is 2.37. The quantitative estimate of drug-likeness (QED) is 0.424. The van der Waals surface area contributed by atoms with Gasteiger partial charge in [-0.1, -0.05) is 0 Å². The van der Waals surface area contributed by atoms with Gasteiger partial charge in [-0.05, 0) is 6.08 Å². The standard InChI is InChI=1S/C5H6O/c1-2-5-3-4(1)6-5/h1,5H,2-3H2. The van der Waals surface area contributed by atoms with Crippen molar-refractivity contribution in [2.75, 3.05) is 0 Å². The van der Waals surface area contributed by atoms with Crippen LogP contribution in [0, 0.1) is 0 Å². The lowest BCUT2D eigenvalue weighted by atomic mass is 10.2. The Kier molecular flexibility index (Phi) is 0.278. The molecule has 1 saturated heterocycles. The molecule has 0 aromatic carbocycles. The van der Waals surface area contributed by atoms with Crippen molar-refractivity contribution in [3.05, 3.63) is 11.8 Å². The maximum atomic E-state index is 5.11. The molecule has 3 rings (SSSR count). The van der Waals surface area contributed by atoms with Crippen molar-refractivity contribution in [2.24, 2.45) is 0 Å². The van der Waals surface area contributed by atoms with Crippen LogP contribution < -0.4 is 0 Å². The van der Waals surface area contributed by atoms with E-state index in [9.17, 15) is 0 Å². The molecule has 2 aliphatic heterocycles. The zero-order valence-corrected chi connectivity index (χ0v) is 3.48. The Labute approximate surface area is 36.6 Å². The van der Waals surface area contributed by atoms with Gasteiger partial charge >= 0.3 is 0 Å². The van der Waals surface area contributed by atoms with Crippen LogP contribution in [0.25, 0.3) is 0 Å². The van der Waals surface area contributed by atoms with Crippen molar-refractivity contribution in [3.8, 4) is 0 Å². The second-order valence-electron chi connectivity index (χ2n) is 1.85. The van der Waals surface area contributed by atoms with E-state index in [1.54, 1.807) is 0 Å². The lowest BCUT2D eigenvalue weighted by Crippen LogP contribution is -2.15. The van der Waals surface area contributed by atoms with Crippen molar-refractivity contribution in [1.82, 2.24) is 0 Å². The summed E-state index contributed by atoms with van der Waals surface area (Å²) in [4.78, 5) is 0. The highest BCUT2D eigenvalue weighted by molar-refractivity contribution is 5.12. The Morgan fingerprint density at radius 3 is 2.83 bits per heavy atom. The highest BCUT2D eigenvalue weighted by Crippen LogP contribution is 2.34. The van der Waals surface area contributed by atoms with Gasteiger partial charge in [-0.3, -0.25) is 0 Å².